The van der Waals surface area contributed by atoms with Gasteiger partial charge in [0.2, 0.25) is 0 Å². The molecule has 0 amide bonds. The van der Waals surface area contributed by atoms with Crippen LogP contribution in [-0.2, 0) is 6.42 Å². The molecule has 2 heteroatoms. The molecule has 8 rings (SSSR count). The molecule has 1 aliphatic heterocycles. The van der Waals surface area contributed by atoms with E-state index in [1.165, 1.54) is 55.3 Å². The molecule has 6 aromatic rings. The molecule has 2 aliphatic rings. The van der Waals surface area contributed by atoms with Crippen LogP contribution >= 0.6 is 0 Å². The van der Waals surface area contributed by atoms with Crippen molar-refractivity contribution in [1.29, 1.82) is 5.26 Å². The molecule has 0 N–H and O–H groups in total. The second-order valence-electron chi connectivity index (χ2n) is 11.3. The van der Waals surface area contributed by atoms with Gasteiger partial charge in [0.25, 0.3) is 0 Å². The fraction of sp³-hybridized carbons (Fsp3) is 0.100. The summed E-state index contributed by atoms with van der Waals surface area (Å²) in [5.41, 5.74) is 12.8. The summed E-state index contributed by atoms with van der Waals surface area (Å²) in [4.78, 5) is 5.37. The monoisotopic (exact) mass is 536 g/mol. The summed E-state index contributed by atoms with van der Waals surface area (Å²) in [6.45, 7) is 0. The van der Waals surface area contributed by atoms with Gasteiger partial charge in [0.05, 0.1) is 23.4 Å². The maximum atomic E-state index is 9.94. The number of aliphatic imine (C=N–C) groups is 1. The van der Waals surface area contributed by atoms with Crippen LogP contribution in [-0.4, -0.2) is 5.71 Å². The van der Waals surface area contributed by atoms with Crippen molar-refractivity contribution >= 4 is 16.5 Å². The zero-order valence-electron chi connectivity index (χ0n) is 23.2. The van der Waals surface area contributed by atoms with Gasteiger partial charge in [-0.1, -0.05) is 115 Å². The molecular weight excluding hydrogens is 508 g/mol. The molecule has 1 heterocycles. The van der Waals surface area contributed by atoms with Crippen LogP contribution in [0.5, 0.6) is 0 Å². The Kier molecular flexibility index (Phi) is 5.83. The Labute approximate surface area is 246 Å². The maximum absolute atomic E-state index is 9.94. The minimum Gasteiger partial charge on any atom is -0.280 e. The number of rotatable bonds is 4. The van der Waals surface area contributed by atoms with Gasteiger partial charge in [0, 0.05) is 11.5 Å². The van der Waals surface area contributed by atoms with Gasteiger partial charge in [0.15, 0.2) is 0 Å². The van der Waals surface area contributed by atoms with Crippen molar-refractivity contribution in [2.45, 2.75) is 24.8 Å². The van der Waals surface area contributed by atoms with E-state index in [-0.39, 0.29) is 12.0 Å². The zero-order chi connectivity index (χ0) is 28.0. The summed E-state index contributed by atoms with van der Waals surface area (Å²) in [5, 5.41) is 12.5. The molecule has 0 saturated heterocycles. The predicted molar refractivity (Wildman–Crippen MR) is 172 cm³/mol. The Morgan fingerprint density at radius 2 is 1.31 bits per heavy atom. The van der Waals surface area contributed by atoms with Crippen molar-refractivity contribution < 1.29 is 0 Å². The van der Waals surface area contributed by atoms with Crippen molar-refractivity contribution in [3.8, 4) is 28.3 Å². The molecule has 0 fully saturated rings. The van der Waals surface area contributed by atoms with Crippen LogP contribution in [0.3, 0.4) is 0 Å². The quantitative estimate of drug-likeness (QED) is 0.221. The first kappa shape index (κ1) is 24.5. The SMILES string of the molecule is N#Cc1cccc2c1-c1cc(-c3cccc(C4=NC(c5ccccc5)CC4c4ccccc4)c3)c3ccccc3c1C2. The molecule has 0 bridgehead atoms. The highest BCUT2D eigenvalue weighted by atomic mass is 14.8. The Bertz CT molecular complexity index is 2050. The summed E-state index contributed by atoms with van der Waals surface area (Å²) in [7, 11) is 0. The molecular formula is C40H28N2. The van der Waals surface area contributed by atoms with Gasteiger partial charge in [-0.3, -0.25) is 4.99 Å². The third-order valence-electron chi connectivity index (χ3n) is 9.00. The van der Waals surface area contributed by atoms with Crippen molar-refractivity contribution in [2.24, 2.45) is 4.99 Å². The van der Waals surface area contributed by atoms with Crippen molar-refractivity contribution in [1.82, 2.24) is 0 Å². The average Bonchev–Trinajstić information content (AvgIpc) is 3.68. The highest BCUT2D eigenvalue weighted by Gasteiger charge is 2.31. The first-order valence-electron chi connectivity index (χ1n) is 14.6. The highest BCUT2D eigenvalue weighted by molar-refractivity contribution is 6.09. The lowest BCUT2D eigenvalue weighted by Gasteiger charge is -2.17. The lowest BCUT2D eigenvalue weighted by molar-refractivity contribution is 0.679. The zero-order valence-corrected chi connectivity index (χ0v) is 23.2. The first-order chi connectivity index (χ1) is 20.8. The number of benzene rings is 6. The fourth-order valence-corrected chi connectivity index (χ4v) is 7.07. The van der Waals surface area contributed by atoms with E-state index in [4.69, 9.17) is 4.99 Å². The largest absolute Gasteiger partial charge is 0.280 e. The number of nitrogens with zero attached hydrogens (tertiary/aromatic N) is 2. The Morgan fingerprint density at radius 3 is 2.10 bits per heavy atom. The molecule has 0 spiro atoms. The van der Waals surface area contributed by atoms with Crippen LogP contribution in [0.1, 0.15) is 51.8 Å². The number of nitriles is 1. The van der Waals surface area contributed by atoms with Gasteiger partial charge in [0.1, 0.15) is 0 Å². The van der Waals surface area contributed by atoms with E-state index >= 15 is 0 Å². The van der Waals surface area contributed by atoms with Gasteiger partial charge >= 0.3 is 0 Å². The number of fused-ring (bicyclic) bond motifs is 5. The molecule has 198 valence electrons. The van der Waals surface area contributed by atoms with E-state index < -0.39 is 0 Å². The average molecular weight is 537 g/mol. The third-order valence-corrected chi connectivity index (χ3v) is 9.00. The van der Waals surface area contributed by atoms with Crippen LogP contribution in [0, 0.1) is 11.3 Å². The van der Waals surface area contributed by atoms with Gasteiger partial charge < -0.3 is 0 Å². The fourth-order valence-electron chi connectivity index (χ4n) is 7.07. The molecule has 42 heavy (non-hydrogen) atoms. The Morgan fingerprint density at radius 1 is 0.619 bits per heavy atom. The van der Waals surface area contributed by atoms with E-state index in [1.807, 2.05) is 12.1 Å². The molecule has 1 aliphatic carbocycles. The summed E-state index contributed by atoms with van der Waals surface area (Å²) >= 11 is 0. The topological polar surface area (TPSA) is 36.1 Å². The van der Waals surface area contributed by atoms with Crippen LogP contribution < -0.4 is 0 Å². The summed E-state index contributed by atoms with van der Waals surface area (Å²) in [5.74, 6) is 0.230. The third kappa shape index (κ3) is 3.98. The summed E-state index contributed by atoms with van der Waals surface area (Å²) in [6, 6.07) is 50.1. The van der Waals surface area contributed by atoms with Gasteiger partial charge in [-0.15, -0.1) is 0 Å². The molecule has 6 aromatic carbocycles. The molecule has 0 radical (unpaired) electrons. The van der Waals surface area contributed by atoms with E-state index in [2.05, 4.69) is 127 Å². The van der Waals surface area contributed by atoms with E-state index in [0.717, 1.165) is 29.7 Å². The minimum atomic E-state index is 0.136. The standard InChI is InChI=1S/C40H28N2/c41-25-31-18-10-16-29-22-36-33-20-8-7-19-32(33)34(23-37(36)39(29)31)28-15-9-17-30(21-28)40-35(26-11-3-1-4-12-26)24-38(42-40)27-13-5-2-6-14-27/h1-21,23,35,38H,22,24H2. The second kappa shape index (κ2) is 9.98. The van der Waals surface area contributed by atoms with Crippen LogP contribution in [0.4, 0.5) is 0 Å². The van der Waals surface area contributed by atoms with Crippen molar-refractivity contribution in [2.75, 3.05) is 0 Å². The Balaban J connectivity index is 1.29. The molecule has 2 nitrogen and oxygen atoms in total. The number of hydrogen-bond acceptors (Lipinski definition) is 2. The minimum absolute atomic E-state index is 0.136. The second-order valence-corrected chi connectivity index (χ2v) is 11.3. The molecule has 2 atom stereocenters. The van der Waals surface area contributed by atoms with Crippen LogP contribution in [0.25, 0.3) is 33.0 Å². The summed E-state index contributed by atoms with van der Waals surface area (Å²) < 4.78 is 0. The molecule has 0 saturated carbocycles. The maximum Gasteiger partial charge on any atom is 0.0998 e. The van der Waals surface area contributed by atoms with Crippen LogP contribution in [0.15, 0.2) is 138 Å². The van der Waals surface area contributed by atoms with Gasteiger partial charge in [-0.2, -0.15) is 5.26 Å². The lowest BCUT2D eigenvalue weighted by Crippen LogP contribution is -2.09. The van der Waals surface area contributed by atoms with E-state index in [1.54, 1.807) is 0 Å². The van der Waals surface area contributed by atoms with Gasteiger partial charge in [-0.25, -0.2) is 0 Å². The number of hydrogen-bond donors (Lipinski definition) is 0. The molecule has 0 aromatic heterocycles. The first-order valence-corrected chi connectivity index (χ1v) is 14.6. The predicted octanol–water partition coefficient (Wildman–Crippen LogP) is 9.67. The molecule has 2 unspecified atom stereocenters. The van der Waals surface area contributed by atoms with Crippen molar-refractivity contribution in [3.05, 3.63) is 167 Å². The highest BCUT2D eigenvalue weighted by Crippen LogP contribution is 2.46. The van der Waals surface area contributed by atoms with E-state index in [0.29, 0.717) is 0 Å². The van der Waals surface area contributed by atoms with Crippen molar-refractivity contribution in [3.63, 3.8) is 0 Å². The Hall–Kier alpha value is -5.26. The smallest absolute Gasteiger partial charge is 0.0998 e. The normalized spacial score (nSPS) is 17.0. The lowest BCUT2D eigenvalue weighted by atomic mass is 9.85. The van der Waals surface area contributed by atoms with E-state index in [9.17, 15) is 5.26 Å². The van der Waals surface area contributed by atoms with Gasteiger partial charge in [-0.05, 0) is 86.3 Å². The summed E-state index contributed by atoms with van der Waals surface area (Å²) in [6.07, 6.45) is 1.82. The van der Waals surface area contributed by atoms with Crippen LogP contribution in [0.2, 0.25) is 0 Å².